The van der Waals surface area contributed by atoms with E-state index in [1.165, 1.54) is 36.8 Å². The minimum absolute atomic E-state index is 1.21. The van der Waals surface area contributed by atoms with Crippen LogP contribution >= 0.6 is 0 Å². The third-order valence-electron chi connectivity index (χ3n) is 2.22. The zero-order chi connectivity index (χ0) is 7.52. The van der Waals surface area contributed by atoms with Crippen molar-refractivity contribution in [3.63, 3.8) is 0 Å². The van der Waals surface area contributed by atoms with Crippen LogP contribution in [-0.2, 0) is 0 Å². The van der Waals surface area contributed by atoms with Crippen molar-refractivity contribution in [2.75, 3.05) is 0 Å². The van der Waals surface area contributed by atoms with Crippen LogP contribution in [-0.4, -0.2) is 5.87 Å². The first-order valence-corrected chi connectivity index (χ1v) is 4.14. The smallest absolute Gasteiger partial charge is 0.0371 e. The lowest BCUT2D eigenvalue weighted by Gasteiger charge is -2.13. The summed E-state index contributed by atoms with van der Waals surface area (Å²) in [6.45, 7) is 0. The molecule has 1 aliphatic carbocycles. The highest BCUT2D eigenvalue weighted by Gasteiger charge is 2.08. The minimum Gasteiger partial charge on any atom is -0.214 e. The van der Waals surface area contributed by atoms with Crippen LogP contribution in [0.3, 0.4) is 0 Å². The average molecular weight is 145 g/mol. The van der Waals surface area contributed by atoms with Gasteiger partial charge in [-0.2, -0.15) is 0 Å². The molecule has 1 heteroatoms. The maximum absolute atomic E-state index is 3.97. The lowest BCUT2D eigenvalue weighted by atomic mass is 9.92. The van der Waals surface area contributed by atoms with Crippen molar-refractivity contribution < 1.29 is 0 Å². The van der Waals surface area contributed by atoms with Gasteiger partial charge in [0, 0.05) is 12.3 Å². The van der Waals surface area contributed by atoms with Gasteiger partial charge in [0.05, 0.1) is 0 Å². The molecule has 0 N–H and O–H groups in total. The van der Waals surface area contributed by atoms with Crippen molar-refractivity contribution in [3.05, 3.63) is 29.5 Å². The molecule has 11 heavy (non-hydrogen) atoms. The summed E-state index contributed by atoms with van der Waals surface area (Å²) in [5.41, 5.74) is 2.90. The number of allylic oxidation sites excluding steroid dienone is 4. The van der Waals surface area contributed by atoms with Gasteiger partial charge in [0.15, 0.2) is 0 Å². The standard InChI is InChI=1S/C10H11N/c1-2-4-10-6-8-11-7-5-9(10)3-1/h5-7H,1-4H2. The normalized spacial score (nSPS) is 21.8. The van der Waals surface area contributed by atoms with Gasteiger partial charge in [0.2, 0.25) is 0 Å². The zero-order valence-corrected chi connectivity index (χ0v) is 6.51. The van der Waals surface area contributed by atoms with Gasteiger partial charge in [-0.25, -0.2) is 4.99 Å². The SMILES string of the molecule is C1=CC2=C(C=CN=1)CCCC2. The first kappa shape index (κ1) is 6.63. The van der Waals surface area contributed by atoms with E-state index in [4.69, 9.17) is 0 Å². The molecule has 0 radical (unpaired) electrons. The second kappa shape index (κ2) is 2.89. The Labute approximate surface area is 66.8 Å². The molecule has 1 heterocycles. The third kappa shape index (κ3) is 1.33. The van der Waals surface area contributed by atoms with Gasteiger partial charge in [-0.05, 0) is 48.8 Å². The van der Waals surface area contributed by atoms with E-state index in [0.29, 0.717) is 0 Å². The number of aliphatic imine (C=N–C) groups is 1. The largest absolute Gasteiger partial charge is 0.214 e. The average Bonchev–Trinajstić information content (AvgIpc) is 2.28. The number of hydrogen-bond acceptors (Lipinski definition) is 1. The molecule has 0 saturated carbocycles. The van der Waals surface area contributed by atoms with Crippen LogP contribution in [0.4, 0.5) is 0 Å². The lowest BCUT2D eigenvalue weighted by molar-refractivity contribution is 0.694. The summed E-state index contributed by atoms with van der Waals surface area (Å²) >= 11 is 0. The van der Waals surface area contributed by atoms with E-state index in [0.717, 1.165) is 0 Å². The highest BCUT2D eigenvalue weighted by molar-refractivity contribution is 5.61. The van der Waals surface area contributed by atoms with Gasteiger partial charge in [0.1, 0.15) is 0 Å². The quantitative estimate of drug-likeness (QED) is 0.497. The molecule has 0 aromatic carbocycles. The second-order valence-corrected chi connectivity index (χ2v) is 2.98. The minimum atomic E-state index is 1.21. The van der Waals surface area contributed by atoms with Crippen LogP contribution in [0.25, 0.3) is 0 Å². The third-order valence-corrected chi connectivity index (χ3v) is 2.22. The van der Waals surface area contributed by atoms with Gasteiger partial charge in [0.25, 0.3) is 0 Å². The van der Waals surface area contributed by atoms with Gasteiger partial charge in [-0.15, -0.1) is 0 Å². The maximum atomic E-state index is 3.97. The van der Waals surface area contributed by atoms with Crippen molar-refractivity contribution in [1.29, 1.82) is 0 Å². The fourth-order valence-electron chi connectivity index (χ4n) is 1.59. The van der Waals surface area contributed by atoms with E-state index in [-0.39, 0.29) is 0 Å². The molecule has 0 aromatic rings. The highest BCUT2D eigenvalue weighted by Crippen LogP contribution is 2.26. The number of rotatable bonds is 0. The van der Waals surface area contributed by atoms with Crippen molar-refractivity contribution in [1.82, 2.24) is 0 Å². The van der Waals surface area contributed by atoms with Gasteiger partial charge in [-0.3, -0.25) is 0 Å². The molecular formula is C10H11N. The van der Waals surface area contributed by atoms with Crippen LogP contribution in [0.15, 0.2) is 34.5 Å². The van der Waals surface area contributed by atoms with Crippen LogP contribution in [0.5, 0.6) is 0 Å². The summed E-state index contributed by atoms with van der Waals surface area (Å²) in [5.74, 6) is 2.90. The molecular weight excluding hydrogens is 134 g/mol. The Bertz CT molecular complexity index is 275. The summed E-state index contributed by atoms with van der Waals surface area (Å²) in [6, 6.07) is 0. The first-order chi connectivity index (χ1) is 5.47. The van der Waals surface area contributed by atoms with Crippen LogP contribution in [0.2, 0.25) is 0 Å². The highest BCUT2D eigenvalue weighted by atomic mass is 14.6. The molecule has 0 fully saturated rings. The van der Waals surface area contributed by atoms with E-state index >= 15 is 0 Å². The molecule has 2 aliphatic rings. The molecule has 0 aromatic heterocycles. The van der Waals surface area contributed by atoms with Gasteiger partial charge in [-0.1, -0.05) is 0 Å². The molecule has 2 rings (SSSR count). The number of nitrogens with zero attached hydrogens (tertiary/aromatic N) is 1. The van der Waals surface area contributed by atoms with E-state index in [2.05, 4.69) is 16.9 Å². The van der Waals surface area contributed by atoms with Crippen molar-refractivity contribution in [2.45, 2.75) is 25.7 Å². The molecule has 0 unspecified atom stereocenters. The van der Waals surface area contributed by atoms with Crippen LogP contribution < -0.4 is 0 Å². The predicted molar refractivity (Wildman–Crippen MR) is 46.6 cm³/mol. The summed E-state index contributed by atoms with van der Waals surface area (Å²) < 4.78 is 0. The lowest BCUT2D eigenvalue weighted by Crippen LogP contribution is -1.95. The van der Waals surface area contributed by atoms with Crippen molar-refractivity contribution in [3.8, 4) is 0 Å². The molecule has 0 amide bonds. The Morgan fingerprint density at radius 1 is 1.18 bits per heavy atom. The molecule has 0 saturated heterocycles. The van der Waals surface area contributed by atoms with Gasteiger partial charge < -0.3 is 0 Å². The fourth-order valence-corrected chi connectivity index (χ4v) is 1.59. The van der Waals surface area contributed by atoms with E-state index in [1.54, 1.807) is 0 Å². The molecule has 0 spiro atoms. The Kier molecular flexibility index (Phi) is 1.74. The van der Waals surface area contributed by atoms with E-state index in [9.17, 15) is 0 Å². The topological polar surface area (TPSA) is 12.4 Å². The van der Waals surface area contributed by atoms with Crippen molar-refractivity contribution in [2.24, 2.45) is 4.99 Å². The molecule has 0 bridgehead atoms. The second-order valence-electron chi connectivity index (χ2n) is 2.98. The first-order valence-electron chi connectivity index (χ1n) is 4.14. The number of hydrogen-bond donors (Lipinski definition) is 0. The summed E-state index contributed by atoms with van der Waals surface area (Å²) in [6.07, 6.45) is 11.1. The Hall–Kier alpha value is -1.07. The summed E-state index contributed by atoms with van der Waals surface area (Å²) in [5, 5.41) is 0. The Balaban J connectivity index is 2.38. The van der Waals surface area contributed by atoms with E-state index < -0.39 is 0 Å². The predicted octanol–water partition coefficient (Wildman–Crippen LogP) is 2.61. The summed E-state index contributed by atoms with van der Waals surface area (Å²) in [4.78, 5) is 3.97. The van der Waals surface area contributed by atoms with Crippen LogP contribution in [0, 0.1) is 0 Å². The molecule has 1 aliphatic heterocycles. The fraction of sp³-hybridized carbons (Fsp3) is 0.400. The van der Waals surface area contributed by atoms with Gasteiger partial charge >= 0.3 is 0 Å². The van der Waals surface area contributed by atoms with Crippen molar-refractivity contribution >= 4 is 5.87 Å². The molecule has 56 valence electrons. The van der Waals surface area contributed by atoms with E-state index in [1.807, 2.05) is 12.3 Å². The summed E-state index contributed by atoms with van der Waals surface area (Å²) in [7, 11) is 0. The Morgan fingerprint density at radius 3 is 2.91 bits per heavy atom. The van der Waals surface area contributed by atoms with Crippen LogP contribution in [0.1, 0.15) is 25.7 Å². The zero-order valence-electron chi connectivity index (χ0n) is 6.51. The maximum Gasteiger partial charge on any atom is 0.0371 e. The molecule has 1 nitrogen and oxygen atoms in total. The monoisotopic (exact) mass is 145 g/mol. The molecule has 0 atom stereocenters. The Morgan fingerprint density at radius 2 is 2.00 bits per heavy atom.